The lowest BCUT2D eigenvalue weighted by Crippen LogP contribution is -2.24. The van der Waals surface area contributed by atoms with E-state index in [1.54, 1.807) is 6.26 Å². The standard InChI is InChI=1S/C15H16N2O4/c18-14-5-4-11(17(19)20)8-10(14)9-16-13-2-1-3-15-12(13)6-7-21-15/h4-8,13,16,18H,1-3,9H2/t13-/m0/s1. The third-order valence-corrected chi connectivity index (χ3v) is 3.86. The molecule has 110 valence electrons. The van der Waals surface area contributed by atoms with Crippen molar-refractivity contribution in [2.24, 2.45) is 0 Å². The molecule has 3 rings (SSSR count). The van der Waals surface area contributed by atoms with Gasteiger partial charge in [-0.25, -0.2) is 0 Å². The molecular formula is C15H16N2O4. The number of nitrogens with zero attached hydrogens (tertiary/aromatic N) is 1. The van der Waals surface area contributed by atoms with Crippen molar-refractivity contribution in [1.82, 2.24) is 5.32 Å². The Morgan fingerprint density at radius 2 is 2.29 bits per heavy atom. The Morgan fingerprint density at radius 1 is 1.43 bits per heavy atom. The van der Waals surface area contributed by atoms with E-state index in [9.17, 15) is 15.2 Å². The van der Waals surface area contributed by atoms with Crippen LogP contribution in [0.1, 0.15) is 35.8 Å². The Morgan fingerprint density at radius 3 is 3.10 bits per heavy atom. The van der Waals surface area contributed by atoms with Crippen LogP contribution in [0, 0.1) is 10.1 Å². The first-order valence-corrected chi connectivity index (χ1v) is 6.91. The SMILES string of the molecule is O=[N+]([O-])c1ccc(O)c(CN[C@H]2CCCc3occc32)c1. The molecule has 0 bridgehead atoms. The van der Waals surface area contributed by atoms with Crippen molar-refractivity contribution in [2.75, 3.05) is 0 Å². The molecule has 2 aromatic rings. The lowest BCUT2D eigenvalue weighted by atomic mass is 9.93. The van der Waals surface area contributed by atoms with E-state index >= 15 is 0 Å². The number of phenols is 1. The summed E-state index contributed by atoms with van der Waals surface area (Å²) in [6, 6.07) is 6.18. The van der Waals surface area contributed by atoms with Crippen LogP contribution in [0.3, 0.4) is 0 Å². The molecule has 0 saturated heterocycles. The van der Waals surface area contributed by atoms with Crippen LogP contribution in [-0.4, -0.2) is 10.0 Å². The minimum Gasteiger partial charge on any atom is -0.508 e. The number of non-ortho nitro benzene ring substituents is 1. The van der Waals surface area contributed by atoms with Crippen molar-refractivity contribution >= 4 is 5.69 Å². The Kier molecular flexibility index (Phi) is 3.62. The number of nitro benzene ring substituents is 1. The van der Waals surface area contributed by atoms with Gasteiger partial charge in [0.15, 0.2) is 0 Å². The van der Waals surface area contributed by atoms with E-state index in [2.05, 4.69) is 5.32 Å². The molecule has 0 fully saturated rings. The normalized spacial score (nSPS) is 17.4. The van der Waals surface area contributed by atoms with Gasteiger partial charge in [0.25, 0.3) is 5.69 Å². The maximum Gasteiger partial charge on any atom is 0.270 e. The first kappa shape index (κ1) is 13.6. The molecule has 0 spiro atoms. The van der Waals surface area contributed by atoms with Gasteiger partial charge in [0.1, 0.15) is 11.5 Å². The Hall–Kier alpha value is -2.34. The van der Waals surface area contributed by atoms with Gasteiger partial charge in [-0.15, -0.1) is 0 Å². The molecular weight excluding hydrogens is 272 g/mol. The average molecular weight is 288 g/mol. The van der Waals surface area contributed by atoms with Crippen molar-refractivity contribution in [3.05, 3.63) is 57.5 Å². The maximum atomic E-state index is 10.8. The van der Waals surface area contributed by atoms with E-state index in [-0.39, 0.29) is 17.5 Å². The maximum absolute atomic E-state index is 10.8. The van der Waals surface area contributed by atoms with Gasteiger partial charge in [-0.05, 0) is 25.0 Å². The van der Waals surface area contributed by atoms with Crippen LogP contribution < -0.4 is 5.32 Å². The van der Waals surface area contributed by atoms with E-state index in [0.717, 1.165) is 30.6 Å². The summed E-state index contributed by atoms with van der Waals surface area (Å²) >= 11 is 0. The fourth-order valence-electron chi connectivity index (χ4n) is 2.76. The molecule has 0 aliphatic heterocycles. The molecule has 0 saturated carbocycles. The number of aryl methyl sites for hydroxylation is 1. The van der Waals surface area contributed by atoms with E-state index in [1.807, 2.05) is 6.07 Å². The van der Waals surface area contributed by atoms with Crippen molar-refractivity contribution in [1.29, 1.82) is 0 Å². The molecule has 21 heavy (non-hydrogen) atoms. The van der Waals surface area contributed by atoms with Crippen LogP contribution in [0.2, 0.25) is 0 Å². The summed E-state index contributed by atoms with van der Waals surface area (Å²) in [6.07, 6.45) is 4.67. The van der Waals surface area contributed by atoms with E-state index < -0.39 is 4.92 Å². The van der Waals surface area contributed by atoms with Gasteiger partial charge in [0, 0.05) is 42.3 Å². The third kappa shape index (κ3) is 2.75. The number of rotatable bonds is 4. The minimum atomic E-state index is -0.461. The number of furan rings is 1. The zero-order chi connectivity index (χ0) is 14.8. The molecule has 1 atom stereocenters. The summed E-state index contributed by atoms with van der Waals surface area (Å²) in [5.74, 6) is 1.07. The molecule has 0 amide bonds. The van der Waals surface area contributed by atoms with Crippen LogP contribution in [-0.2, 0) is 13.0 Å². The average Bonchev–Trinajstić information content (AvgIpc) is 2.95. The van der Waals surface area contributed by atoms with Gasteiger partial charge in [0.05, 0.1) is 11.2 Å². The van der Waals surface area contributed by atoms with Crippen molar-refractivity contribution in [3.8, 4) is 5.75 Å². The quantitative estimate of drug-likeness (QED) is 0.666. The highest BCUT2D eigenvalue weighted by Gasteiger charge is 2.22. The number of aromatic hydroxyl groups is 1. The molecule has 0 radical (unpaired) electrons. The number of nitro groups is 1. The predicted octanol–water partition coefficient (Wildman–Crippen LogP) is 3.06. The molecule has 1 heterocycles. The largest absolute Gasteiger partial charge is 0.508 e. The number of benzene rings is 1. The van der Waals surface area contributed by atoms with Gasteiger partial charge in [0.2, 0.25) is 0 Å². The van der Waals surface area contributed by atoms with Gasteiger partial charge >= 0.3 is 0 Å². The second-order valence-corrected chi connectivity index (χ2v) is 5.19. The van der Waals surface area contributed by atoms with Crippen LogP contribution in [0.15, 0.2) is 34.9 Å². The molecule has 1 aliphatic carbocycles. The van der Waals surface area contributed by atoms with Gasteiger partial charge in [-0.3, -0.25) is 10.1 Å². The fraction of sp³-hybridized carbons (Fsp3) is 0.333. The number of nitrogens with one attached hydrogen (secondary N) is 1. The van der Waals surface area contributed by atoms with Crippen molar-refractivity contribution in [3.63, 3.8) is 0 Å². The van der Waals surface area contributed by atoms with Crippen LogP contribution in [0.4, 0.5) is 5.69 Å². The fourth-order valence-corrected chi connectivity index (χ4v) is 2.76. The highest BCUT2D eigenvalue weighted by atomic mass is 16.6. The molecule has 0 unspecified atom stereocenters. The lowest BCUT2D eigenvalue weighted by Gasteiger charge is -2.23. The monoisotopic (exact) mass is 288 g/mol. The molecule has 6 nitrogen and oxygen atoms in total. The summed E-state index contributed by atoms with van der Waals surface area (Å²) in [7, 11) is 0. The summed E-state index contributed by atoms with van der Waals surface area (Å²) in [6.45, 7) is 0.378. The highest BCUT2D eigenvalue weighted by Crippen LogP contribution is 2.31. The number of fused-ring (bicyclic) bond motifs is 1. The molecule has 1 aromatic carbocycles. The molecule has 6 heteroatoms. The van der Waals surface area contributed by atoms with E-state index in [4.69, 9.17) is 4.42 Å². The van der Waals surface area contributed by atoms with Gasteiger partial charge < -0.3 is 14.8 Å². The zero-order valence-corrected chi connectivity index (χ0v) is 11.4. The van der Waals surface area contributed by atoms with E-state index in [0.29, 0.717) is 12.1 Å². The van der Waals surface area contributed by atoms with Crippen molar-refractivity contribution in [2.45, 2.75) is 31.8 Å². The zero-order valence-electron chi connectivity index (χ0n) is 11.4. The molecule has 1 aliphatic rings. The first-order valence-electron chi connectivity index (χ1n) is 6.91. The minimum absolute atomic E-state index is 0.0164. The van der Waals surface area contributed by atoms with Crippen molar-refractivity contribution < 1.29 is 14.4 Å². The van der Waals surface area contributed by atoms with Gasteiger partial charge in [-0.1, -0.05) is 0 Å². The Balaban J connectivity index is 1.74. The Labute approximate surface area is 121 Å². The number of hydrogen-bond acceptors (Lipinski definition) is 5. The first-order chi connectivity index (χ1) is 10.1. The number of hydrogen-bond donors (Lipinski definition) is 2. The second kappa shape index (κ2) is 5.57. The van der Waals surface area contributed by atoms with Crippen LogP contribution >= 0.6 is 0 Å². The lowest BCUT2D eigenvalue weighted by molar-refractivity contribution is -0.384. The Bertz CT molecular complexity index is 665. The summed E-state index contributed by atoms with van der Waals surface area (Å²) < 4.78 is 5.43. The van der Waals surface area contributed by atoms with E-state index in [1.165, 1.54) is 18.2 Å². The summed E-state index contributed by atoms with van der Waals surface area (Å²) in [5.41, 5.74) is 1.66. The second-order valence-electron chi connectivity index (χ2n) is 5.19. The highest BCUT2D eigenvalue weighted by molar-refractivity contribution is 5.43. The smallest absolute Gasteiger partial charge is 0.270 e. The predicted molar refractivity (Wildman–Crippen MR) is 76.0 cm³/mol. The summed E-state index contributed by atoms with van der Waals surface area (Å²) in [4.78, 5) is 10.3. The third-order valence-electron chi connectivity index (χ3n) is 3.86. The van der Waals surface area contributed by atoms with Crippen LogP contribution in [0.5, 0.6) is 5.75 Å². The molecule has 1 aromatic heterocycles. The van der Waals surface area contributed by atoms with Gasteiger partial charge in [-0.2, -0.15) is 0 Å². The summed E-state index contributed by atoms with van der Waals surface area (Å²) in [5, 5.41) is 24.0. The molecule has 2 N–H and O–H groups in total. The topological polar surface area (TPSA) is 88.5 Å². The number of phenolic OH excluding ortho intramolecular Hbond substituents is 1. The van der Waals surface area contributed by atoms with Crippen LogP contribution in [0.25, 0.3) is 0 Å².